The number of nitrogens with zero attached hydrogens (tertiary/aromatic N) is 2. The summed E-state index contributed by atoms with van der Waals surface area (Å²) in [6, 6.07) is 5.95. The van der Waals surface area contributed by atoms with Gasteiger partial charge in [0, 0.05) is 30.8 Å². The van der Waals surface area contributed by atoms with E-state index in [2.05, 4.69) is 0 Å². The zero-order valence-corrected chi connectivity index (χ0v) is 10.2. The molecule has 0 atom stereocenters. The highest BCUT2D eigenvalue weighted by atomic mass is 16.6. The van der Waals surface area contributed by atoms with Crippen LogP contribution < -0.4 is 0 Å². The topological polar surface area (TPSA) is 63.4 Å². The van der Waals surface area contributed by atoms with Crippen LogP contribution in [0, 0.1) is 10.1 Å². The Morgan fingerprint density at radius 2 is 1.83 bits per heavy atom. The summed E-state index contributed by atoms with van der Waals surface area (Å²) in [6.45, 7) is 1.50. The summed E-state index contributed by atoms with van der Waals surface area (Å²) in [4.78, 5) is 24.2. The number of likely N-dealkylation sites (tertiary alicyclic amines) is 1. The second-order valence-corrected chi connectivity index (χ2v) is 4.51. The van der Waals surface area contributed by atoms with E-state index in [4.69, 9.17) is 0 Å². The Kier molecular flexibility index (Phi) is 3.92. The predicted molar refractivity (Wildman–Crippen MR) is 67.5 cm³/mol. The van der Waals surface area contributed by atoms with E-state index in [1.807, 2.05) is 0 Å². The van der Waals surface area contributed by atoms with Gasteiger partial charge in [0.2, 0.25) is 0 Å². The van der Waals surface area contributed by atoms with Crippen molar-refractivity contribution in [2.75, 3.05) is 13.1 Å². The molecule has 1 amide bonds. The molecule has 0 N–H and O–H groups in total. The fourth-order valence-corrected chi connectivity index (χ4v) is 2.21. The molecule has 1 fully saturated rings. The van der Waals surface area contributed by atoms with E-state index >= 15 is 0 Å². The van der Waals surface area contributed by atoms with Crippen molar-refractivity contribution in [3.05, 3.63) is 39.9 Å². The number of amides is 1. The molecule has 1 aromatic carbocycles. The lowest BCUT2D eigenvalue weighted by atomic mass is 10.1. The summed E-state index contributed by atoms with van der Waals surface area (Å²) in [7, 11) is 0. The Hall–Kier alpha value is -1.91. The third-order valence-corrected chi connectivity index (χ3v) is 3.20. The molecule has 0 aliphatic carbocycles. The molecule has 0 radical (unpaired) electrons. The standard InChI is InChI=1S/C13H16N2O3/c16-13(14-8-3-1-2-4-9-14)11-6-5-7-12(10-11)15(17)18/h5-7,10H,1-4,8-9H2. The van der Waals surface area contributed by atoms with E-state index in [1.54, 1.807) is 17.0 Å². The van der Waals surface area contributed by atoms with E-state index in [0.29, 0.717) is 5.56 Å². The first-order chi connectivity index (χ1) is 8.68. The van der Waals surface area contributed by atoms with Crippen molar-refractivity contribution in [3.8, 4) is 0 Å². The minimum absolute atomic E-state index is 0.0318. The van der Waals surface area contributed by atoms with Crippen LogP contribution in [0.2, 0.25) is 0 Å². The summed E-state index contributed by atoms with van der Waals surface area (Å²) in [5.41, 5.74) is 0.377. The smallest absolute Gasteiger partial charge is 0.270 e. The van der Waals surface area contributed by atoms with Gasteiger partial charge in [-0.1, -0.05) is 18.9 Å². The molecule has 5 nitrogen and oxygen atoms in total. The molecule has 0 unspecified atom stereocenters. The SMILES string of the molecule is O=C(c1cccc([N+](=O)[O-])c1)N1CCCCCC1. The second-order valence-electron chi connectivity index (χ2n) is 4.51. The van der Waals surface area contributed by atoms with Crippen LogP contribution in [-0.2, 0) is 0 Å². The zero-order chi connectivity index (χ0) is 13.0. The van der Waals surface area contributed by atoms with Crippen molar-refractivity contribution in [1.82, 2.24) is 4.90 Å². The van der Waals surface area contributed by atoms with Gasteiger partial charge in [0.05, 0.1) is 4.92 Å². The molecule has 2 rings (SSSR count). The third kappa shape index (κ3) is 2.85. The molecule has 0 aromatic heterocycles. The summed E-state index contributed by atoms with van der Waals surface area (Å²) in [5.74, 6) is -0.0967. The van der Waals surface area contributed by atoms with Gasteiger partial charge >= 0.3 is 0 Å². The van der Waals surface area contributed by atoms with Gasteiger partial charge in [0.25, 0.3) is 11.6 Å². The van der Waals surface area contributed by atoms with E-state index in [0.717, 1.165) is 38.8 Å². The maximum Gasteiger partial charge on any atom is 0.270 e. The molecule has 1 aliphatic rings. The van der Waals surface area contributed by atoms with Gasteiger partial charge in [-0.25, -0.2) is 0 Å². The highest BCUT2D eigenvalue weighted by Crippen LogP contribution is 2.17. The van der Waals surface area contributed by atoms with Crippen LogP contribution in [0.5, 0.6) is 0 Å². The average Bonchev–Trinajstić information content (AvgIpc) is 2.67. The highest BCUT2D eigenvalue weighted by Gasteiger charge is 2.18. The quantitative estimate of drug-likeness (QED) is 0.597. The fourth-order valence-electron chi connectivity index (χ4n) is 2.21. The number of hydrogen-bond donors (Lipinski definition) is 0. The molecule has 0 bridgehead atoms. The largest absolute Gasteiger partial charge is 0.339 e. The molecule has 1 aliphatic heterocycles. The Labute approximate surface area is 106 Å². The summed E-state index contributed by atoms with van der Waals surface area (Å²) in [6.07, 6.45) is 4.33. The predicted octanol–water partition coefficient (Wildman–Crippen LogP) is 2.61. The molecule has 18 heavy (non-hydrogen) atoms. The van der Waals surface area contributed by atoms with Crippen molar-refractivity contribution in [2.24, 2.45) is 0 Å². The lowest BCUT2D eigenvalue weighted by Gasteiger charge is -2.20. The van der Waals surface area contributed by atoms with Crippen molar-refractivity contribution >= 4 is 11.6 Å². The van der Waals surface area contributed by atoms with Crippen LogP contribution in [0.3, 0.4) is 0 Å². The number of carbonyl (C=O) groups is 1. The molecule has 96 valence electrons. The molecule has 0 saturated carbocycles. The average molecular weight is 248 g/mol. The number of hydrogen-bond acceptors (Lipinski definition) is 3. The highest BCUT2D eigenvalue weighted by molar-refractivity contribution is 5.94. The van der Waals surface area contributed by atoms with Crippen LogP contribution in [0.4, 0.5) is 5.69 Å². The first-order valence-electron chi connectivity index (χ1n) is 6.22. The first kappa shape index (κ1) is 12.5. The van der Waals surface area contributed by atoms with Crippen molar-refractivity contribution < 1.29 is 9.72 Å². The van der Waals surface area contributed by atoms with Gasteiger partial charge in [-0.3, -0.25) is 14.9 Å². The number of rotatable bonds is 2. The van der Waals surface area contributed by atoms with Gasteiger partial charge < -0.3 is 4.90 Å². The molecule has 1 saturated heterocycles. The fraction of sp³-hybridized carbons (Fsp3) is 0.462. The van der Waals surface area contributed by atoms with Crippen LogP contribution in [-0.4, -0.2) is 28.8 Å². The Morgan fingerprint density at radius 1 is 1.17 bits per heavy atom. The molecule has 5 heteroatoms. The van der Waals surface area contributed by atoms with E-state index in [9.17, 15) is 14.9 Å². The Morgan fingerprint density at radius 3 is 2.44 bits per heavy atom. The van der Waals surface area contributed by atoms with Crippen LogP contribution in [0.25, 0.3) is 0 Å². The number of benzene rings is 1. The first-order valence-corrected chi connectivity index (χ1v) is 6.22. The summed E-state index contributed by atoms with van der Waals surface area (Å²) in [5, 5.41) is 10.7. The van der Waals surface area contributed by atoms with Crippen LogP contribution >= 0.6 is 0 Å². The van der Waals surface area contributed by atoms with Crippen LogP contribution in [0.1, 0.15) is 36.0 Å². The van der Waals surface area contributed by atoms with E-state index < -0.39 is 4.92 Å². The Balaban J connectivity index is 2.16. The van der Waals surface area contributed by atoms with Crippen LogP contribution in [0.15, 0.2) is 24.3 Å². The van der Waals surface area contributed by atoms with Crippen molar-refractivity contribution in [1.29, 1.82) is 0 Å². The van der Waals surface area contributed by atoms with Gasteiger partial charge in [-0.2, -0.15) is 0 Å². The minimum atomic E-state index is -0.473. The molecule has 1 aromatic rings. The molecular formula is C13H16N2O3. The second kappa shape index (κ2) is 5.62. The number of nitro groups is 1. The maximum atomic E-state index is 12.2. The minimum Gasteiger partial charge on any atom is -0.339 e. The van der Waals surface area contributed by atoms with E-state index in [1.165, 1.54) is 12.1 Å². The zero-order valence-electron chi connectivity index (χ0n) is 10.2. The van der Waals surface area contributed by atoms with Crippen molar-refractivity contribution in [2.45, 2.75) is 25.7 Å². The van der Waals surface area contributed by atoms with Crippen molar-refractivity contribution in [3.63, 3.8) is 0 Å². The molecule has 1 heterocycles. The number of non-ortho nitro benzene ring substituents is 1. The normalized spacial score (nSPS) is 16.1. The van der Waals surface area contributed by atoms with Gasteiger partial charge in [-0.15, -0.1) is 0 Å². The number of carbonyl (C=O) groups excluding carboxylic acids is 1. The van der Waals surface area contributed by atoms with Gasteiger partial charge in [-0.05, 0) is 18.9 Å². The Bertz CT molecular complexity index is 451. The van der Waals surface area contributed by atoms with E-state index in [-0.39, 0.29) is 11.6 Å². The summed E-state index contributed by atoms with van der Waals surface area (Å²) >= 11 is 0. The van der Waals surface area contributed by atoms with Gasteiger partial charge in [0.1, 0.15) is 0 Å². The summed E-state index contributed by atoms with van der Waals surface area (Å²) < 4.78 is 0. The monoisotopic (exact) mass is 248 g/mol. The maximum absolute atomic E-state index is 12.2. The number of nitro benzene ring substituents is 1. The molecule has 0 spiro atoms. The lowest BCUT2D eigenvalue weighted by molar-refractivity contribution is -0.384. The van der Waals surface area contributed by atoms with Gasteiger partial charge in [0.15, 0.2) is 0 Å². The lowest BCUT2D eigenvalue weighted by Crippen LogP contribution is -2.31. The molecular weight excluding hydrogens is 232 g/mol. The third-order valence-electron chi connectivity index (χ3n) is 3.20.